The number of ether oxygens (including phenoxy) is 8. The van der Waals surface area contributed by atoms with Crippen LogP contribution in [-0.2, 0) is 28.5 Å². The Bertz CT molecular complexity index is 2560. The number of benzene rings is 3. The van der Waals surface area contributed by atoms with Gasteiger partial charge in [0.1, 0.15) is 83.5 Å². The van der Waals surface area contributed by atoms with Crippen molar-refractivity contribution in [2.75, 3.05) is 26.9 Å². The van der Waals surface area contributed by atoms with Gasteiger partial charge >= 0.3 is 5.97 Å². The summed E-state index contributed by atoms with van der Waals surface area (Å²) < 4.78 is 50.8. The Kier molecular flexibility index (Phi) is 15.4. The summed E-state index contributed by atoms with van der Waals surface area (Å²) in [7, 11) is 1.20. The van der Waals surface area contributed by atoms with Gasteiger partial charge in [-0.15, -0.1) is 0 Å². The standard InChI is InChI=1S/C43H48O26/c1-61-22-7-14(6-20(50)28(22)52)2-5-26(51)67-39-34(58)30(54)24(12-45)65-42(39)69-40-35(59)31(55)25(13-46)66-43(40)68-38-32(56)27-19(49)9-16(62-41-36(60)33(57)29(53)23(11-44)64-41)10-21(27)63-37(38)15-3-4-17(47)18(48)8-15/h2-10,23-25,29-31,33-36,39-50,52-55,57-60H,11-13H2,1H3/b5-2+/t23-,24-,25-,29-,30-,31-,33+,34+,35+,36-,39-,40-,41-,42+,43+/m1/s1. The largest absolute Gasteiger partial charge is 0.507 e. The minimum Gasteiger partial charge on any atom is -0.507 e. The van der Waals surface area contributed by atoms with Gasteiger partial charge in [-0.25, -0.2) is 4.79 Å². The van der Waals surface area contributed by atoms with E-state index >= 15 is 0 Å². The van der Waals surface area contributed by atoms with Crippen LogP contribution in [0.15, 0.2) is 57.8 Å². The molecule has 26 heteroatoms. The Hall–Kier alpha value is -6.08. The van der Waals surface area contributed by atoms with Crippen molar-refractivity contribution >= 4 is 23.0 Å². The number of aromatic hydroxyl groups is 5. The Morgan fingerprint density at radius 2 is 1.25 bits per heavy atom. The summed E-state index contributed by atoms with van der Waals surface area (Å²) in [5.74, 6) is -6.76. The molecular weight excluding hydrogens is 932 g/mol. The average molecular weight is 981 g/mol. The van der Waals surface area contributed by atoms with E-state index < -0.39 is 175 Å². The molecule has 7 rings (SSSR count). The Morgan fingerprint density at radius 3 is 1.87 bits per heavy atom. The van der Waals surface area contributed by atoms with E-state index in [1.807, 2.05) is 0 Å². The lowest BCUT2D eigenvalue weighted by atomic mass is 9.97. The van der Waals surface area contributed by atoms with Crippen LogP contribution >= 0.6 is 0 Å². The number of phenolic OH excluding ortho intramolecular Hbond substituents is 5. The van der Waals surface area contributed by atoms with Crippen LogP contribution in [0.4, 0.5) is 0 Å². The monoisotopic (exact) mass is 980 g/mol. The summed E-state index contributed by atoms with van der Waals surface area (Å²) in [5.41, 5.74) is -1.83. The number of methoxy groups -OCH3 is 1. The van der Waals surface area contributed by atoms with Crippen molar-refractivity contribution in [1.29, 1.82) is 0 Å². The molecule has 3 aromatic carbocycles. The van der Waals surface area contributed by atoms with Crippen LogP contribution < -0.4 is 19.6 Å². The van der Waals surface area contributed by atoms with Gasteiger partial charge in [0, 0.05) is 23.8 Å². The summed E-state index contributed by atoms with van der Waals surface area (Å²) in [6.45, 7) is -2.77. The number of phenols is 5. The van der Waals surface area contributed by atoms with Crippen molar-refractivity contribution in [2.24, 2.45) is 0 Å². The zero-order valence-corrected chi connectivity index (χ0v) is 35.7. The van der Waals surface area contributed by atoms with E-state index in [-0.39, 0.29) is 22.6 Å². The molecule has 3 fully saturated rings. The molecule has 69 heavy (non-hydrogen) atoms. The molecule has 0 saturated carbocycles. The van der Waals surface area contributed by atoms with Crippen LogP contribution in [0.1, 0.15) is 5.56 Å². The second kappa shape index (κ2) is 20.9. The van der Waals surface area contributed by atoms with E-state index in [1.165, 1.54) is 13.2 Å². The molecule has 1 aromatic heterocycles. The number of aliphatic hydroxyl groups excluding tert-OH is 10. The Balaban J connectivity index is 1.26. The van der Waals surface area contributed by atoms with Crippen LogP contribution in [0.25, 0.3) is 28.4 Å². The average Bonchev–Trinajstić information content (AvgIpc) is 3.32. The summed E-state index contributed by atoms with van der Waals surface area (Å²) >= 11 is 0. The van der Waals surface area contributed by atoms with Gasteiger partial charge in [0.15, 0.2) is 47.3 Å². The highest BCUT2D eigenvalue weighted by Crippen LogP contribution is 2.41. The summed E-state index contributed by atoms with van der Waals surface area (Å²) in [5, 5.41) is 156. The molecule has 0 unspecified atom stereocenters. The fourth-order valence-electron chi connectivity index (χ4n) is 7.65. The van der Waals surface area contributed by atoms with Gasteiger partial charge < -0.3 is 119 Å². The lowest BCUT2D eigenvalue weighted by Crippen LogP contribution is -2.65. The number of fused-ring (bicyclic) bond motifs is 1. The van der Waals surface area contributed by atoms with Gasteiger partial charge in [0.2, 0.25) is 29.5 Å². The molecule has 3 aliphatic rings. The highest BCUT2D eigenvalue weighted by molar-refractivity contribution is 5.89. The van der Waals surface area contributed by atoms with E-state index in [9.17, 15) is 86.2 Å². The Labute approximate surface area is 386 Å². The molecule has 376 valence electrons. The first-order valence-corrected chi connectivity index (χ1v) is 20.7. The quantitative estimate of drug-likeness (QED) is 0.0330. The van der Waals surface area contributed by atoms with Gasteiger partial charge in [-0.2, -0.15) is 0 Å². The summed E-state index contributed by atoms with van der Waals surface area (Å²) in [6.07, 6.45) is -26.8. The molecule has 4 aromatic rings. The molecule has 0 amide bonds. The fourth-order valence-corrected chi connectivity index (χ4v) is 7.65. The molecule has 0 aliphatic carbocycles. The third kappa shape index (κ3) is 10.2. The number of esters is 1. The summed E-state index contributed by atoms with van der Waals surface area (Å²) in [6, 6.07) is 7.19. The SMILES string of the molecule is COc1cc(/C=C/C(=O)O[C@H]2[C@H](O[C@H]3[C@H](Oc4c(-c5ccc(O)c(O)c5)oc5cc(O[C@@H]6O[C@H](CO)[C@@H](O)[C@H](O)[C@H]6O)cc(O)c5c4=O)O[C@H](CO)[C@@H](O)[C@@H]3O)O[C@H](CO)[C@@H](O)[C@@H]2O)cc(O)c1O. The van der Waals surface area contributed by atoms with Crippen molar-refractivity contribution in [3.63, 3.8) is 0 Å². The molecule has 4 heterocycles. The lowest BCUT2D eigenvalue weighted by Gasteiger charge is -2.46. The van der Waals surface area contributed by atoms with E-state index in [2.05, 4.69) is 0 Å². The van der Waals surface area contributed by atoms with Gasteiger partial charge in [-0.3, -0.25) is 4.79 Å². The topological polar surface area (TPSA) is 425 Å². The van der Waals surface area contributed by atoms with Crippen LogP contribution in [0.3, 0.4) is 0 Å². The first kappa shape index (κ1) is 50.8. The molecule has 0 radical (unpaired) electrons. The van der Waals surface area contributed by atoms with Gasteiger partial charge in [0.25, 0.3) is 0 Å². The third-order valence-electron chi connectivity index (χ3n) is 11.4. The maximum Gasteiger partial charge on any atom is 0.331 e. The lowest BCUT2D eigenvalue weighted by molar-refractivity contribution is -0.358. The second-order valence-corrected chi connectivity index (χ2v) is 15.9. The first-order valence-electron chi connectivity index (χ1n) is 20.7. The molecule has 3 aliphatic heterocycles. The zero-order chi connectivity index (χ0) is 50.2. The number of carbonyl (C=O) groups is 1. The third-order valence-corrected chi connectivity index (χ3v) is 11.4. The molecule has 0 bridgehead atoms. The number of hydrogen-bond acceptors (Lipinski definition) is 26. The van der Waals surface area contributed by atoms with E-state index in [0.717, 1.165) is 48.6 Å². The maximum atomic E-state index is 14.5. The summed E-state index contributed by atoms with van der Waals surface area (Å²) in [4.78, 5) is 27.7. The van der Waals surface area contributed by atoms with Crippen LogP contribution in [-0.4, -0.2) is 202 Å². The normalized spacial score (nSPS) is 31.7. The van der Waals surface area contributed by atoms with E-state index in [1.54, 1.807) is 0 Å². The van der Waals surface area contributed by atoms with Crippen LogP contribution in [0, 0.1) is 0 Å². The predicted octanol–water partition coefficient (Wildman–Crippen LogP) is -3.56. The number of carbonyl (C=O) groups excluding carboxylic acids is 1. The second-order valence-electron chi connectivity index (χ2n) is 15.9. The first-order chi connectivity index (χ1) is 32.8. The highest BCUT2D eigenvalue weighted by Gasteiger charge is 2.53. The van der Waals surface area contributed by atoms with Crippen molar-refractivity contribution < 1.29 is 124 Å². The minimum atomic E-state index is -2.18. The molecular formula is C43H48O26. The highest BCUT2D eigenvalue weighted by atomic mass is 16.8. The van der Waals surface area contributed by atoms with Crippen molar-refractivity contribution in [1.82, 2.24) is 0 Å². The van der Waals surface area contributed by atoms with Crippen LogP contribution in [0.2, 0.25) is 0 Å². The number of aliphatic hydroxyl groups is 10. The number of rotatable bonds is 14. The van der Waals surface area contributed by atoms with E-state index in [0.29, 0.717) is 0 Å². The molecule has 0 spiro atoms. The van der Waals surface area contributed by atoms with Gasteiger partial charge in [-0.05, 0) is 42.0 Å². The predicted molar refractivity (Wildman–Crippen MR) is 224 cm³/mol. The van der Waals surface area contributed by atoms with Crippen molar-refractivity contribution in [3.8, 4) is 57.3 Å². The van der Waals surface area contributed by atoms with E-state index in [4.69, 9.17) is 42.3 Å². The Morgan fingerprint density at radius 1 is 0.638 bits per heavy atom. The minimum absolute atomic E-state index is 0.109. The molecule has 26 nitrogen and oxygen atoms in total. The van der Waals surface area contributed by atoms with Crippen molar-refractivity contribution in [2.45, 2.75) is 92.1 Å². The van der Waals surface area contributed by atoms with Gasteiger partial charge in [-0.1, -0.05) is 0 Å². The van der Waals surface area contributed by atoms with Crippen LogP contribution in [0.5, 0.6) is 46.0 Å². The van der Waals surface area contributed by atoms with Crippen molar-refractivity contribution in [3.05, 3.63) is 64.3 Å². The molecule has 15 N–H and O–H groups in total. The molecule has 15 atom stereocenters. The fraction of sp³-hybridized carbons (Fsp3) is 0.442. The van der Waals surface area contributed by atoms with Gasteiger partial charge in [0.05, 0.1) is 26.9 Å². The maximum absolute atomic E-state index is 14.5. The zero-order valence-electron chi connectivity index (χ0n) is 35.7. The smallest absolute Gasteiger partial charge is 0.331 e. The molecule has 3 saturated heterocycles. The number of hydrogen-bond donors (Lipinski definition) is 15.